The number of nitrogen functional groups attached to an aromatic ring is 2. The van der Waals surface area contributed by atoms with E-state index < -0.39 is 80.9 Å². The third-order valence-corrected chi connectivity index (χ3v) is 10.7. The van der Waals surface area contributed by atoms with Gasteiger partial charge in [-0.1, -0.05) is 5.92 Å². The number of aromatic nitrogens is 8. The molecule has 47 heavy (non-hydrogen) atoms. The number of terminal acetylenes is 1. The van der Waals surface area contributed by atoms with Crippen molar-refractivity contribution in [1.82, 2.24) is 39.0 Å². The van der Waals surface area contributed by atoms with Crippen LogP contribution in [0, 0.1) is 12.3 Å². The largest absolute Gasteiger partial charge is 0.385 e. The molecule has 7 heterocycles. The van der Waals surface area contributed by atoms with E-state index in [1.807, 2.05) is 0 Å². The molecule has 4 aromatic heterocycles. The molecule has 0 spiro atoms. The molecule has 2 bridgehead atoms. The fourth-order valence-corrected chi connectivity index (χ4v) is 8.31. The standard InChI is InChI=1S/C22H23FN10O10P2S2/c1-2-22-4-39-45(37,47)42-13-9(23)8(40-20(13)33-7-29-11-17(33)30-21(25)31-18(11)35)3-38-44(36,46)43-14(22)12(34)19(41-22)32-6-28-10-15(24)26-5-27-16(10)32/h1,5-9,12-14,19-20,34H,3-4H2,(H,36,46)(H,37,47)(H2,24,26,27)(H3,25,30,31,35)/t8-,9-,12-,13-,14+,19-,20-,22-,44?,45?/m1/s1. The average Bonchev–Trinajstić information content (AvgIpc) is 3.76. The SMILES string of the molecule is C#C[C@@]12COP(O)(=S)O[C@@H]3[C@H](F)[C@@H](COP(O)(=S)O[C@H]1[C@@H](O)[C@H](n1cnc4c(N)ncnc41)O2)O[C@H]3n1cnc2c(=O)[nH]c(N)nc21. The summed E-state index contributed by atoms with van der Waals surface area (Å²) in [6.07, 6.45) is -2.15. The van der Waals surface area contributed by atoms with Crippen LogP contribution < -0.4 is 17.0 Å². The van der Waals surface area contributed by atoms with Gasteiger partial charge in [0.15, 0.2) is 46.9 Å². The fourth-order valence-electron chi connectivity index (χ4n) is 5.47. The highest BCUT2D eigenvalue weighted by molar-refractivity contribution is 8.07. The predicted molar refractivity (Wildman–Crippen MR) is 163 cm³/mol. The number of alkyl halides is 1. The molecule has 0 aliphatic carbocycles. The minimum Gasteiger partial charge on any atom is -0.385 e. The van der Waals surface area contributed by atoms with Gasteiger partial charge in [0.1, 0.15) is 36.3 Å². The number of halogens is 1. The lowest BCUT2D eigenvalue weighted by atomic mass is 9.97. The van der Waals surface area contributed by atoms with Gasteiger partial charge in [-0.25, -0.2) is 24.3 Å². The number of fused-ring (bicyclic) bond motifs is 5. The molecule has 3 aliphatic heterocycles. The smallest absolute Gasteiger partial charge is 0.325 e. The van der Waals surface area contributed by atoms with E-state index in [0.29, 0.717) is 0 Å². The number of hydrogen-bond acceptors (Lipinski definition) is 17. The average molecular weight is 733 g/mol. The molecule has 7 rings (SSSR count). The molecule has 10 atom stereocenters. The molecule has 3 fully saturated rings. The first-order chi connectivity index (χ1) is 22.2. The Morgan fingerprint density at radius 2 is 1.77 bits per heavy atom. The van der Waals surface area contributed by atoms with Gasteiger partial charge in [-0.15, -0.1) is 6.42 Å². The Morgan fingerprint density at radius 3 is 2.51 bits per heavy atom. The van der Waals surface area contributed by atoms with E-state index in [9.17, 15) is 19.7 Å². The topological polar surface area (TPSA) is 275 Å². The van der Waals surface area contributed by atoms with E-state index in [0.717, 1.165) is 10.9 Å². The van der Waals surface area contributed by atoms with Crippen LogP contribution in [0.3, 0.4) is 0 Å². The summed E-state index contributed by atoms with van der Waals surface area (Å²) in [5.74, 6) is 2.11. The summed E-state index contributed by atoms with van der Waals surface area (Å²) in [5.41, 5.74) is 8.87. The quantitative estimate of drug-likeness (QED) is 0.105. The van der Waals surface area contributed by atoms with Crippen LogP contribution in [0.5, 0.6) is 0 Å². The minimum atomic E-state index is -4.46. The summed E-state index contributed by atoms with van der Waals surface area (Å²) in [4.78, 5) is 57.1. The van der Waals surface area contributed by atoms with E-state index in [-0.39, 0.29) is 34.1 Å². The molecular weight excluding hydrogens is 709 g/mol. The van der Waals surface area contributed by atoms with Crippen LogP contribution in [-0.2, 0) is 51.2 Å². The molecule has 3 saturated heterocycles. The summed E-state index contributed by atoms with van der Waals surface area (Å²) in [6, 6.07) is 0. The van der Waals surface area contributed by atoms with E-state index >= 15 is 4.39 Å². The molecule has 3 aliphatic rings. The first kappa shape index (κ1) is 32.5. The second-order valence-electron chi connectivity index (χ2n) is 10.5. The number of nitrogens with one attached hydrogen (secondary N) is 1. The van der Waals surface area contributed by atoms with Gasteiger partial charge in [0.2, 0.25) is 5.95 Å². The molecule has 0 radical (unpaired) electrons. The summed E-state index contributed by atoms with van der Waals surface area (Å²) in [6.45, 7) is -10.4. The molecule has 0 aromatic carbocycles. The summed E-state index contributed by atoms with van der Waals surface area (Å²) >= 11 is 10.4. The summed E-state index contributed by atoms with van der Waals surface area (Å²) in [5, 5.41) is 11.5. The van der Waals surface area contributed by atoms with Crippen LogP contribution >= 0.6 is 13.4 Å². The first-order valence-corrected chi connectivity index (χ1v) is 18.5. The zero-order valence-corrected chi connectivity index (χ0v) is 26.8. The second kappa shape index (κ2) is 11.5. The van der Waals surface area contributed by atoms with Crippen LogP contribution in [0.4, 0.5) is 16.2 Å². The minimum absolute atomic E-state index is 0.0449. The molecule has 25 heteroatoms. The summed E-state index contributed by atoms with van der Waals surface area (Å²) < 4.78 is 52.7. The molecule has 2 unspecified atom stereocenters. The molecule has 4 aromatic rings. The van der Waals surface area contributed by atoms with Crippen molar-refractivity contribution in [3.8, 4) is 12.3 Å². The maximum absolute atomic E-state index is 16.0. The predicted octanol–water partition coefficient (Wildman–Crippen LogP) is -1.13. The van der Waals surface area contributed by atoms with Gasteiger partial charge in [-0.2, -0.15) is 4.98 Å². The zero-order valence-electron chi connectivity index (χ0n) is 23.3. The number of H-pyrrole nitrogens is 1. The molecule has 250 valence electrons. The number of aliphatic hydroxyl groups excluding tert-OH is 1. The lowest BCUT2D eigenvalue weighted by Crippen LogP contribution is -2.47. The Kier molecular flexibility index (Phi) is 7.96. The molecular formula is C22H23FN10O10P2S2. The van der Waals surface area contributed by atoms with E-state index in [1.165, 1.54) is 17.2 Å². The van der Waals surface area contributed by atoms with E-state index in [1.54, 1.807) is 0 Å². The Morgan fingerprint density at radius 1 is 1.06 bits per heavy atom. The Labute approximate surface area is 271 Å². The van der Waals surface area contributed by atoms with Crippen LogP contribution in [0.25, 0.3) is 22.3 Å². The van der Waals surface area contributed by atoms with Crippen molar-refractivity contribution in [2.24, 2.45) is 0 Å². The molecule has 8 N–H and O–H groups in total. The van der Waals surface area contributed by atoms with Gasteiger partial charge < -0.3 is 44.9 Å². The summed E-state index contributed by atoms with van der Waals surface area (Å²) in [7, 11) is 0. The van der Waals surface area contributed by atoms with Crippen LogP contribution in [0.15, 0.2) is 23.8 Å². The van der Waals surface area contributed by atoms with E-state index in [2.05, 4.69) is 35.8 Å². The Balaban J connectivity index is 1.25. The van der Waals surface area contributed by atoms with Crippen molar-refractivity contribution in [3.05, 3.63) is 29.3 Å². The number of nitrogens with zero attached hydrogens (tertiary/aromatic N) is 7. The van der Waals surface area contributed by atoms with Crippen LogP contribution in [-0.4, -0.2) is 103 Å². The van der Waals surface area contributed by atoms with Gasteiger partial charge in [0.05, 0.1) is 25.9 Å². The third kappa shape index (κ3) is 5.54. The van der Waals surface area contributed by atoms with E-state index in [4.69, 9.17) is 69.1 Å². The fraction of sp³-hybridized carbons (Fsp3) is 0.455. The van der Waals surface area contributed by atoms with Crippen LogP contribution in [0.2, 0.25) is 0 Å². The van der Waals surface area contributed by atoms with Gasteiger partial charge in [0.25, 0.3) is 5.56 Å². The van der Waals surface area contributed by atoms with Gasteiger partial charge >= 0.3 is 13.4 Å². The highest BCUT2D eigenvalue weighted by Gasteiger charge is 2.59. The maximum atomic E-state index is 16.0. The monoisotopic (exact) mass is 732 g/mol. The number of ether oxygens (including phenoxy) is 2. The Bertz CT molecular complexity index is 2100. The van der Waals surface area contributed by atoms with Crippen molar-refractivity contribution in [2.45, 2.75) is 48.6 Å². The van der Waals surface area contributed by atoms with Crippen molar-refractivity contribution in [3.63, 3.8) is 0 Å². The van der Waals surface area contributed by atoms with Gasteiger partial charge in [0, 0.05) is 0 Å². The number of imidazole rings is 2. The highest BCUT2D eigenvalue weighted by Crippen LogP contribution is 2.56. The van der Waals surface area contributed by atoms with Crippen molar-refractivity contribution in [1.29, 1.82) is 0 Å². The molecule has 0 saturated carbocycles. The Hall–Kier alpha value is -3.07. The number of hydrogen-bond donors (Lipinski definition) is 6. The molecule has 20 nitrogen and oxygen atoms in total. The second-order valence-corrected chi connectivity index (χ2v) is 16.1. The van der Waals surface area contributed by atoms with Crippen LogP contribution in [0.1, 0.15) is 12.5 Å². The zero-order chi connectivity index (χ0) is 33.5. The maximum Gasteiger partial charge on any atom is 0.325 e. The lowest BCUT2D eigenvalue weighted by Gasteiger charge is -2.33. The number of nitrogens with two attached hydrogens (primary N) is 2. The number of anilines is 2. The van der Waals surface area contributed by atoms with Crippen molar-refractivity contribution < 1.29 is 46.9 Å². The van der Waals surface area contributed by atoms with Gasteiger partial charge in [-0.3, -0.25) is 28.0 Å². The van der Waals surface area contributed by atoms with Crippen molar-refractivity contribution >= 4 is 71.1 Å². The number of aromatic amines is 1. The normalized spacial score (nSPS) is 38.0. The first-order valence-electron chi connectivity index (χ1n) is 13.3. The third-order valence-electron chi connectivity index (χ3n) is 7.63. The van der Waals surface area contributed by atoms with Gasteiger partial charge in [-0.05, 0) is 23.6 Å². The molecule has 0 amide bonds. The number of rotatable bonds is 2. The number of aliphatic hydroxyl groups is 1. The highest BCUT2D eigenvalue weighted by atomic mass is 32.5. The van der Waals surface area contributed by atoms with Crippen molar-refractivity contribution in [2.75, 3.05) is 24.7 Å². The lowest BCUT2D eigenvalue weighted by molar-refractivity contribution is -0.0912.